The van der Waals surface area contributed by atoms with Crippen molar-refractivity contribution in [2.75, 3.05) is 21.3 Å². The summed E-state index contributed by atoms with van der Waals surface area (Å²) in [5.41, 5.74) is 2.43. The second-order valence-electron chi connectivity index (χ2n) is 7.74. The van der Waals surface area contributed by atoms with Crippen LogP contribution in [0.1, 0.15) is 37.1 Å². The monoisotopic (exact) mass is 497 g/mol. The maximum absolute atomic E-state index is 13.1. The average molecular weight is 498 g/mol. The Morgan fingerprint density at radius 2 is 2.03 bits per heavy atom. The topological polar surface area (TPSA) is 103 Å². The third kappa shape index (κ3) is 4.93. The molecule has 0 saturated carbocycles. The summed E-state index contributed by atoms with van der Waals surface area (Å²) in [5, 5.41) is 5.44. The third-order valence-electron chi connectivity index (χ3n) is 5.74. The van der Waals surface area contributed by atoms with E-state index >= 15 is 0 Å². The van der Waals surface area contributed by atoms with Gasteiger partial charge in [-0.15, -0.1) is 0 Å². The molecule has 1 atom stereocenters. The Morgan fingerprint density at radius 1 is 1.20 bits per heavy atom. The van der Waals surface area contributed by atoms with Crippen molar-refractivity contribution < 1.29 is 28.2 Å². The number of carbonyl (C=O) groups is 2. The molecule has 0 radical (unpaired) electrons. The molecule has 2 aliphatic rings. The molecule has 0 aliphatic carbocycles. The van der Waals surface area contributed by atoms with Crippen molar-refractivity contribution in [3.8, 4) is 11.5 Å². The van der Waals surface area contributed by atoms with Crippen LogP contribution in [0, 0.1) is 0 Å². The SMILES string of the molecule is CCC1=C(C(=O)OC)C(c2cc(OC)ccc2OC)N2C(CC(=O)NCc3ccco3)=CSC2=N1. The number of thioether (sulfide) groups is 1. The molecule has 1 unspecified atom stereocenters. The zero-order chi connectivity index (χ0) is 24.9. The Bertz CT molecular complexity index is 1200. The van der Waals surface area contributed by atoms with Crippen LogP contribution in [0.2, 0.25) is 0 Å². The average Bonchev–Trinajstić information content (AvgIpc) is 3.55. The van der Waals surface area contributed by atoms with E-state index in [2.05, 4.69) is 5.32 Å². The van der Waals surface area contributed by atoms with E-state index < -0.39 is 12.0 Å². The van der Waals surface area contributed by atoms with Crippen LogP contribution in [-0.2, 0) is 20.9 Å². The summed E-state index contributed by atoms with van der Waals surface area (Å²) in [6.07, 6.45) is 2.18. The van der Waals surface area contributed by atoms with Gasteiger partial charge in [0.15, 0.2) is 5.17 Å². The summed E-state index contributed by atoms with van der Waals surface area (Å²) in [6.45, 7) is 2.22. The molecular formula is C25H27N3O6S. The van der Waals surface area contributed by atoms with Crippen molar-refractivity contribution in [3.05, 3.63) is 70.3 Å². The van der Waals surface area contributed by atoms with E-state index in [1.165, 1.54) is 18.9 Å². The van der Waals surface area contributed by atoms with Crippen molar-refractivity contribution in [1.29, 1.82) is 0 Å². The number of ether oxygens (including phenoxy) is 3. The van der Waals surface area contributed by atoms with E-state index in [9.17, 15) is 9.59 Å². The lowest BCUT2D eigenvalue weighted by molar-refractivity contribution is -0.136. The van der Waals surface area contributed by atoms with Gasteiger partial charge in [0.2, 0.25) is 5.91 Å². The highest BCUT2D eigenvalue weighted by molar-refractivity contribution is 8.16. The van der Waals surface area contributed by atoms with Gasteiger partial charge in [-0.1, -0.05) is 18.7 Å². The Labute approximate surface area is 207 Å². The van der Waals surface area contributed by atoms with Crippen molar-refractivity contribution in [3.63, 3.8) is 0 Å². The van der Waals surface area contributed by atoms with Crippen LogP contribution in [-0.4, -0.2) is 43.3 Å². The number of nitrogens with zero attached hydrogens (tertiary/aromatic N) is 2. The molecule has 35 heavy (non-hydrogen) atoms. The van der Waals surface area contributed by atoms with E-state index in [0.29, 0.717) is 51.4 Å². The normalized spacial score (nSPS) is 16.9. The Hall–Kier alpha value is -3.66. The minimum absolute atomic E-state index is 0.0887. The predicted octanol–water partition coefficient (Wildman–Crippen LogP) is 4.14. The molecule has 3 heterocycles. The number of amidine groups is 1. The molecule has 1 aromatic heterocycles. The highest BCUT2D eigenvalue weighted by atomic mass is 32.2. The lowest BCUT2D eigenvalue weighted by Gasteiger charge is -2.37. The number of hydrogen-bond acceptors (Lipinski definition) is 9. The Morgan fingerprint density at radius 3 is 2.69 bits per heavy atom. The Kier molecular flexibility index (Phi) is 7.50. The largest absolute Gasteiger partial charge is 0.497 e. The minimum atomic E-state index is -0.617. The van der Waals surface area contributed by atoms with Gasteiger partial charge in [-0.05, 0) is 42.2 Å². The maximum atomic E-state index is 13.1. The molecule has 0 saturated heterocycles. The number of allylic oxidation sites excluding steroid dienone is 1. The first-order chi connectivity index (χ1) is 17.0. The number of benzene rings is 1. The first-order valence-electron chi connectivity index (χ1n) is 11.1. The number of methoxy groups -OCH3 is 3. The molecule has 10 heteroatoms. The van der Waals surface area contributed by atoms with E-state index in [1.807, 2.05) is 23.3 Å². The molecule has 184 valence electrons. The van der Waals surface area contributed by atoms with Crippen molar-refractivity contribution in [2.45, 2.75) is 32.4 Å². The molecule has 1 amide bonds. The fourth-order valence-electron chi connectivity index (χ4n) is 4.09. The Balaban J connectivity index is 1.73. The van der Waals surface area contributed by atoms with Gasteiger partial charge in [-0.2, -0.15) is 0 Å². The van der Waals surface area contributed by atoms with Crippen molar-refractivity contribution in [1.82, 2.24) is 10.2 Å². The van der Waals surface area contributed by atoms with E-state index in [4.69, 9.17) is 23.6 Å². The number of fused-ring (bicyclic) bond motifs is 1. The molecule has 2 aromatic rings. The highest BCUT2D eigenvalue weighted by Gasteiger charge is 2.42. The molecule has 1 aromatic carbocycles. The van der Waals surface area contributed by atoms with Crippen LogP contribution in [0.15, 0.2) is 68.4 Å². The second kappa shape index (κ2) is 10.7. The smallest absolute Gasteiger partial charge is 0.338 e. The zero-order valence-corrected chi connectivity index (χ0v) is 20.8. The number of furan rings is 1. The molecule has 4 rings (SSSR count). The van der Waals surface area contributed by atoms with Crippen LogP contribution in [0.3, 0.4) is 0 Å². The molecular weight excluding hydrogens is 470 g/mol. The first-order valence-corrected chi connectivity index (χ1v) is 11.9. The number of hydrogen-bond donors (Lipinski definition) is 1. The lowest BCUT2D eigenvalue weighted by atomic mass is 9.92. The van der Waals surface area contributed by atoms with E-state index in [1.54, 1.807) is 44.7 Å². The summed E-state index contributed by atoms with van der Waals surface area (Å²) in [5.74, 6) is 1.18. The van der Waals surface area contributed by atoms with Crippen LogP contribution in [0.25, 0.3) is 0 Å². The standard InChI is InChI=1S/C25H27N3O6S/c1-5-19-22(24(30)33-4)23(18-12-16(31-2)8-9-20(18)32-3)28-15(14-35-25(28)27-19)11-21(29)26-13-17-7-6-10-34-17/h6-10,12,14,23H,5,11,13H2,1-4H3,(H,26,29). The van der Waals surface area contributed by atoms with Gasteiger partial charge in [0.25, 0.3) is 0 Å². The molecule has 0 bridgehead atoms. The number of amides is 1. The highest BCUT2D eigenvalue weighted by Crippen LogP contribution is 2.48. The van der Waals surface area contributed by atoms with Gasteiger partial charge in [-0.25, -0.2) is 9.79 Å². The van der Waals surface area contributed by atoms with Gasteiger partial charge >= 0.3 is 5.97 Å². The number of rotatable bonds is 9. The van der Waals surface area contributed by atoms with Crippen LogP contribution >= 0.6 is 11.8 Å². The van der Waals surface area contributed by atoms with Gasteiger partial charge in [0.1, 0.15) is 17.3 Å². The summed E-state index contributed by atoms with van der Waals surface area (Å²) in [7, 11) is 4.50. The lowest BCUT2D eigenvalue weighted by Crippen LogP contribution is -2.38. The zero-order valence-electron chi connectivity index (χ0n) is 20.0. The van der Waals surface area contributed by atoms with Gasteiger partial charge < -0.3 is 28.8 Å². The number of aliphatic imine (C=N–C) groups is 1. The van der Waals surface area contributed by atoms with Crippen LogP contribution in [0.4, 0.5) is 0 Å². The number of esters is 1. The van der Waals surface area contributed by atoms with Crippen molar-refractivity contribution >= 4 is 28.8 Å². The van der Waals surface area contributed by atoms with E-state index in [0.717, 1.165) is 0 Å². The van der Waals surface area contributed by atoms with E-state index in [-0.39, 0.29) is 18.9 Å². The predicted molar refractivity (Wildman–Crippen MR) is 132 cm³/mol. The number of carbonyl (C=O) groups excluding carboxylic acids is 2. The molecule has 0 spiro atoms. The third-order valence-corrected chi connectivity index (χ3v) is 6.63. The summed E-state index contributed by atoms with van der Waals surface area (Å²) in [4.78, 5) is 32.5. The quantitative estimate of drug-likeness (QED) is 0.516. The van der Waals surface area contributed by atoms with Gasteiger partial charge in [0, 0.05) is 11.3 Å². The second-order valence-corrected chi connectivity index (χ2v) is 8.58. The molecule has 0 fully saturated rings. The van der Waals surface area contributed by atoms with Crippen molar-refractivity contribution in [2.24, 2.45) is 4.99 Å². The minimum Gasteiger partial charge on any atom is -0.497 e. The molecule has 1 N–H and O–H groups in total. The maximum Gasteiger partial charge on any atom is 0.338 e. The fourth-order valence-corrected chi connectivity index (χ4v) is 5.02. The molecule has 9 nitrogen and oxygen atoms in total. The number of nitrogens with one attached hydrogen (secondary N) is 1. The molecule has 2 aliphatic heterocycles. The van der Waals surface area contributed by atoms with Gasteiger partial charge in [0.05, 0.1) is 57.9 Å². The fraction of sp³-hybridized carbons (Fsp3) is 0.320. The van der Waals surface area contributed by atoms with Crippen LogP contribution in [0.5, 0.6) is 11.5 Å². The van der Waals surface area contributed by atoms with Crippen LogP contribution < -0.4 is 14.8 Å². The van der Waals surface area contributed by atoms with Gasteiger partial charge in [-0.3, -0.25) is 4.79 Å². The summed E-state index contributed by atoms with van der Waals surface area (Å²) in [6, 6.07) is 8.37. The first kappa shape index (κ1) is 24.5. The summed E-state index contributed by atoms with van der Waals surface area (Å²) < 4.78 is 21.6. The summed E-state index contributed by atoms with van der Waals surface area (Å²) >= 11 is 1.41.